The fourth-order valence-electron chi connectivity index (χ4n) is 3.19. The highest BCUT2D eigenvalue weighted by molar-refractivity contribution is 6.04. The van der Waals surface area contributed by atoms with E-state index in [-0.39, 0.29) is 29.0 Å². The zero-order valence-corrected chi connectivity index (χ0v) is 16.6. The molecule has 2 aromatic rings. The van der Waals surface area contributed by atoms with Crippen LogP contribution in [0.15, 0.2) is 30.6 Å². The summed E-state index contributed by atoms with van der Waals surface area (Å²) in [6.07, 6.45) is 6.75. The lowest BCUT2D eigenvalue weighted by atomic mass is 9.88. The second-order valence-electron chi connectivity index (χ2n) is 6.78. The van der Waals surface area contributed by atoms with Gasteiger partial charge in [-0.2, -0.15) is 0 Å². The zero-order chi connectivity index (χ0) is 21.4. The van der Waals surface area contributed by atoms with Crippen LogP contribution < -0.4 is 16.0 Å². The molecular weight excluding hydrogens is 377 g/mol. The van der Waals surface area contributed by atoms with E-state index in [0.717, 1.165) is 31.4 Å². The summed E-state index contributed by atoms with van der Waals surface area (Å²) in [6, 6.07) is 6.08. The molecule has 3 amide bonds. The summed E-state index contributed by atoms with van der Waals surface area (Å²) in [5.41, 5.74) is 5.76. The number of rotatable bonds is 4. The molecule has 0 radical (unpaired) electrons. The molecule has 9 heteroatoms. The van der Waals surface area contributed by atoms with Crippen molar-refractivity contribution in [1.82, 2.24) is 15.3 Å². The van der Waals surface area contributed by atoms with Crippen molar-refractivity contribution in [2.75, 3.05) is 19.0 Å². The number of imidazole rings is 1. The van der Waals surface area contributed by atoms with Gasteiger partial charge in [-0.25, -0.2) is 9.37 Å². The van der Waals surface area contributed by atoms with Crippen LogP contribution in [0.1, 0.15) is 53.1 Å². The van der Waals surface area contributed by atoms with Crippen molar-refractivity contribution in [2.24, 2.45) is 11.7 Å². The summed E-state index contributed by atoms with van der Waals surface area (Å²) in [5, 5.41) is 2.34. The Labute approximate surface area is 168 Å². The first-order valence-electron chi connectivity index (χ1n) is 9.43. The molecule has 1 heterocycles. The van der Waals surface area contributed by atoms with Crippen LogP contribution in [0.5, 0.6) is 0 Å². The number of amides is 3. The van der Waals surface area contributed by atoms with Crippen LogP contribution in [-0.2, 0) is 4.79 Å². The van der Waals surface area contributed by atoms with Gasteiger partial charge in [0.15, 0.2) is 5.69 Å². The standard InChI is InChI=1S/C14H18FNO.C6H8N4O2/c1-16(13-9-7-12(15)8-10-13)14(17)11-5-3-2-4-6-11;1-8-6(12)4-3(5(7)11)9-2-10-4/h7-11H,2-6H2,1H3;2H,1H3,(H2,7,11)(H,8,12)(H,9,10). The van der Waals surface area contributed by atoms with E-state index >= 15 is 0 Å². The molecule has 29 heavy (non-hydrogen) atoms. The topological polar surface area (TPSA) is 121 Å². The van der Waals surface area contributed by atoms with E-state index in [9.17, 15) is 18.8 Å². The van der Waals surface area contributed by atoms with E-state index in [4.69, 9.17) is 5.73 Å². The monoisotopic (exact) mass is 403 g/mol. The number of primary amides is 1. The quantitative estimate of drug-likeness (QED) is 0.725. The zero-order valence-electron chi connectivity index (χ0n) is 16.6. The van der Waals surface area contributed by atoms with Crippen LogP contribution in [0.4, 0.5) is 10.1 Å². The van der Waals surface area contributed by atoms with Gasteiger partial charge >= 0.3 is 0 Å². The van der Waals surface area contributed by atoms with Crippen molar-refractivity contribution in [2.45, 2.75) is 32.1 Å². The first-order chi connectivity index (χ1) is 13.8. The predicted molar refractivity (Wildman–Crippen MR) is 107 cm³/mol. The first kappa shape index (κ1) is 22.1. The number of nitrogens with one attached hydrogen (secondary N) is 2. The third-order valence-electron chi connectivity index (χ3n) is 4.83. The number of carbonyl (C=O) groups excluding carboxylic acids is 3. The Morgan fingerprint density at radius 1 is 1.17 bits per heavy atom. The molecule has 1 aliphatic rings. The van der Waals surface area contributed by atoms with Crippen molar-refractivity contribution in [3.8, 4) is 0 Å². The number of halogens is 1. The predicted octanol–water partition coefficient (Wildman–Crippen LogP) is 2.24. The molecule has 0 atom stereocenters. The van der Waals surface area contributed by atoms with Crippen molar-refractivity contribution in [1.29, 1.82) is 0 Å². The summed E-state index contributed by atoms with van der Waals surface area (Å²) in [5.74, 6) is -1.10. The van der Waals surface area contributed by atoms with Gasteiger partial charge < -0.3 is 20.9 Å². The summed E-state index contributed by atoms with van der Waals surface area (Å²) in [7, 11) is 3.22. The van der Waals surface area contributed by atoms with Crippen LogP contribution in [0.2, 0.25) is 0 Å². The largest absolute Gasteiger partial charge is 0.364 e. The van der Waals surface area contributed by atoms with E-state index in [1.165, 1.54) is 31.9 Å². The minimum atomic E-state index is -0.727. The number of nitrogens with zero attached hydrogens (tertiary/aromatic N) is 2. The van der Waals surface area contributed by atoms with Gasteiger partial charge in [0.2, 0.25) is 5.91 Å². The number of hydrogen-bond donors (Lipinski definition) is 3. The lowest BCUT2D eigenvalue weighted by molar-refractivity contribution is -0.123. The molecule has 1 fully saturated rings. The van der Waals surface area contributed by atoms with Gasteiger partial charge in [-0.1, -0.05) is 19.3 Å². The highest BCUT2D eigenvalue weighted by Crippen LogP contribution is 2.26. The Balaban J connectivity index is 0.000000221. The van der Waals surface area contributed by atoms with Gasteiger partial charge in [-0.15, -0.1) is 0 Å². The Morgan fingerprint density at radius 3 is 2.34 bits per heavy atom. The number of hydrogen-bond acceptors (Lipinski definition) is 4. The van der Waals surface area contributed by atoms with Crippen molar-refractivity contribution < 1.29 is 18.8 Å². The summed E-state index contributed by atoms with van der Waals surface area (Å²) >= 11 is 0. The second-order valence-corrected chi connectivity index (χ2v) is 6.78. The molecule has 0 unspecified atom stereocenters. The summed E-state index contributed by atoms with van der Waals surface area (Å²) in [6.45, 7) is 0. The molecule has 1 aliphatic carbocycles. The van der Waals surface area contributed by atoms with Gasteiger partial charge in [0, 0.05) is 25.7 Å². The molecule has 3 rings (SSSR count). The molecule has 0 saturated heterocycles. The maximum atomic E-state index is 12.8. The summed E-state index contributed by atoms with van der Waals surface area (Å²) in [4.78, 5) is 41.6. The third-order valence-corrected chi connectivity index (χ3v) is 4.83. The van der Waals surface area contributed by atoms with Crippen molar-refractivity contribution in [3.05, 3.63) is 47.8 Å². The highest BCUT2D eigenvalue weighted by atomic mass is 19.1. The van der Waals surface area contributed by atoms with E-state index in [2.05, 4.69) is 15.3 Å². The molecule has 1 saturated carbocycles. The Hall–Kier alpha value is -3.23. The molecule has 8 nitrogen and oxygen atoms in total. The average molecular weight is 403 g/mol. The van der Waals surface area contributed by atoms with Gasteiger partial charge in [0.1, 0.15) is 11.5 Å². The minimum absolute atomic E-state index is 0.0469. The van der Waals surface area contributed by atoms with Crippen LogP contribution in [0.25, 0.3) is 0 Å². The van der Waals surface area contributed by atoms with E-state index < -0.39 is 11.8 Å². The molecule has 1 aromatic carbocycles. The smallest absolute Gasteiger partial charge is 0.269 e. The summed E-state index contributed by atoms with van der Waals surface area (Å²) < 4.78 is 12.8. The van der Waals surface area contributed by atoms with Crippen molar-refractivity contribution >= 4 is 23.4 Å². The average Bonchev–Trinajstić information content (AvgIpc) is 3.24. The van der Waals surface area contributed by atoms with E-state index in [1.54, 1.807) is 24.1 Å². The SMILES string of the molecule is CN(C(=O)C1CCCCC1)c1ccc(F)cc1.CNC(=O)c1[nH]cnc1C(N)=O. The Bertz CT molecular complexity index is 844. The lowest BCUT2D eigenvalue weighted by Crippen LogP contribution is -2.33. The van der Waals surface area contributed by atoms with Gasteiger partial charge in [-0.3, -0.25) is 14.4 Å². The number of aromatic amines is 1. The molecular formula is C20H26FN5O3. The minimum Gasteiger partial charge on any atom is -0.364 e. The van der Waals surface area contributed by atoms with Crippen LogP contribution >= 0.6 is 0 Å². The third kappa shape index (κ3) is 5.87. The van der Waals surface area contributed by atoms with Gasteiger partial charge in [0.05, 0.1) is 6.33 Å². The number of anilines is 1. The lowest BCUT2D eigenvalue weighted by Gasteiger charge is -2.26. The van der Waals surface area contributed by atoms with E-state index in [0.29, 0.717) is 0 Å². The van der Waals surface area contributed by atoms with Crippen LogP contribution in [0.3, 0.4) is 0 Å². The molecule has 4 N–H and O–H groups in total. The van der Waals surface area contributed by atoms with Gasteiger partial charge in [0.25, 0.3) is 11.8 Å². The number of carbonyl (C=O) groups is 3. The van der Waals surface area contributed by atoms with E-state index in [1.807, 2.05) is 0 Å². The van der Waals surface area contributed by atoms with Crippen LogP contribution in [-0.4, -0.2) is 41.8 Å². The number of aromatic nitrogens is 2. The number of H-pyrrole nitrogens is 1. The van der Waals surface area contributed by atoms with Crippen molar-refractivity contribution in [3.63, 3.8) is 0 Å². The first-order valence-corrected chi connectivity index (χ1v) is 9.43. The highest BCUT2D eigenvalue weighted by Gasteiger charge is 2.24. The second kappa shape index (κ2) is 10.4. The normalized spacial score (nSPS) is 13.8. The molecule has 0 bridgehead atoms. The number of benzene rings is 1. The van der Waals surface area contributed by atoms with Crippen LogP contribution in [0, 0.1) is 11.7 Å². The fraction of sp³-hybridized carbons (Fsp3) is 0.400. The van der Waals surface area contributed by atoms with Gasteiger partial charge in [-0.05, 0) is 37.1 Å². The maximum absolute atomic E-state index is 12.8. The maximum Gasteiger partial charge on any atom is 0.269 e. The fourth-order valence-corrected chi connectivity index (χ4v) is 3.19. The molecule has 0 spiro atoms. The Morgan fingerprint density at radius 2 is 1.79 bits per heavy atom. The molecule has 1 aromatic heterocycles. The molecule has 156 valence electrons. The number of nitrogens with two attached hydrogens (primary N) is 1. The Kier molecular flexibility index (Phi) is 7.88. The molecule has 0 aliphatic heterocycles.